The van der Waals surface area contributed by atoms with Crippen LogP contribution in [0.3, 0.4) is 0 Å². The second-order valence-corrected chi connectivity index (χ2v) is 4.90. The van der Waals surface area contributed by atoms with Crippen molar-refractivity contribution in [2.24, 2.45) is 0 Å². The number of alkyl halides is 1. The van der Waals surface area contributed by atoms with E-state index >= 15 is 0 Å². The molecule has 15 heavy (non-hydrogen) atoms. The highest BCUT2D eigenvalue weighted by Gasteiger charge is 2.11. The minimum Gasteiger partial charge on any atom is -0.502 e. The molecule has 0 saturated carbocycles. The summed E-state index contributed by atoms with van der Waals surface area (Å²) in [4.78, 5) is 0.372. The van der Waals surface area contributed by atoms with Gasteiger partial charge in [-0.3, -0.25) is 0 Å². The van der Waals surface area contributed by atoms with Crippen LogP contribution < -0.4 is 9.47 Å². The molecule has 0 amide bonds. The number of halogens is 1. The van der Waals surface area contributed by atoms with Gasteiger partial charge in [0.15, 0.2) is 11.5 Å². The van der Waals surface area contributed by atoms with Gasteiger partial charge >= 0.3 is 0 Å². The monoisotopic (exact) mass is 274 g/mol. The highest BCUT2D eigenvalue weighted by molar-refractivity contribution is 9.09. The predicted octanol–water partition coefficient (Wildman–Crippen LogP) is 2.74. The van der Waals surface area contributed by atoms with E-state index in [1.165, 1.54) is 14.2 Å². The quantitative estimate of drug-likeness (QED) is 0.859. The molecule has 0 aromatic heterocycles. The highest BCUT2D eigenvalue weighted by Crippen LogP contribution is 2.37. The van der Waals surface area contributed by atoms with E-state index in [1.54, 1.807) is 0 Å². The third-order valence-electron chi connectivity index (χ3n) is 2.06. The van der Waals surface area contributed by atoms with Crippen LogP contribution in [0.25, 0.3) is 0 Å². The van der Waals surface area contributed by atoms with Crippen LogP contribution in [-0.2, 0) is 6.42 Å². The number of methoxy groups -OCH3 is 2. The summed E-state index contributed by atoms with van der Waals surface area (Å²) >= 11 is 3.48. The Hall–Kier alpha value is -0.900. The maximum atomic E-state index is 9.69. The normalized spacial score (nSPS) is 12.3. The lowest BCUT2D eigenvalue weighted by Crippen LogP contribution is -1.98. The first-order valence-corrected chi connectivity index (χ1v) is 5.58. The zero-order valence-electron chi connectivity index (χ0n) is 9.08. The molecule has 3 nitrogen and oxygen atoms in total. The Kier molecular flexibility index (Phi) is 4.27. The van der Waals surface area contributed by atoms with Crippen molar-refractivity contribution in [2.75, 3.05) is 14.2 Å². The summed E-state index contributed by atoms with van der Waals surface area (Å²) in [6.07, 6.45) is 0.854. The van der Waals surface area contributed by atoms with Crippen LogP contribution in [0.1, 0.15) is 12.5 Å². The van der Waals surface area contributed by atoms with Crippen molar-refractivity contribution < 1.29 is 14.6 Å². The Balaban J connectivity index is 3.09. The van der Waals surface area contributed by atoms with Crippen LogP contribution in [0.15, 0.2) is 12.1 Å². The maximum Gasteiger partial charge on any atom is 0.200 e. The number of phenols is 1. The van der Waals surface area contributed by atoms with Gasteiger partial charge < -0.3 is 14.6 Å². The number of ether oxygens (including phenoxy) is 2. The van der Waals surface area contributed by atoms with Crippen LogP contribution in [0.5, 0.6) is 17.2 Å². The van der Waals surface area contributed by atoms with Gasteiger partial charge in [-0.15, -0.1) is 0 Å². The fourth-order valence-corrected chi connectivity index (χ4v) is 1.76. The first-order chi connectivity index (χ1) is 7.08. The predicted molar refractivity (Wildman–Crippen MR) is 63.3 cm³/mol. The first-order valence-electron chi connectivity index (χ1n) is 4.66. The molecule has 0 saturated heterocycles. The lowest BCUT2D eigenvalue weighted by molar-refractivity contribution is 0.339. The van der Waals surface area contributed by atoms with Gasteiger partial charge in [0.1, 0.15) is 0 Å². The fourth-order valence-electron chi connectivity index (χ4n) is 1.39. The molecule has 0 radical (unpaired) electrons. The molecule has 1 unspecified atom stereocenters. The summed E-state index contributed by atoms with van der Waals surface area (Å²) in [6, 6.07) is 3.63. The summed E-state index contributed by atoms with van der Waals surface area (Å²) in [5.41, 5.74) is 1.06. The van der Waals surface area contributed by atoms with Gasteiger partial charge in [0.05, 0.1) is 14.2 Å². The molecular formula is C11H15BrO3. The molecule has 0 aliphatic heterocycles. The lowest BCUT2D eigenvalue weighted by Gasteiger charge is -2.11. The number of aromatic hydroxyl groups is 1. The molecule has 0 spiro atoms. The molecule has 1 aromatic carbocycles. The van der Waals surface area contributed by atoms with Gasteiger partial charge in [0.2, 0.25) is 5.75 Å². The van der Waals surface area contributed by atoms with Gasteiger partial charge in [-0.25, -0.2) is 0 Å². The van der Waals surface area contributed by atoms with E-state index in [0.717, 1.165) is 12.0 Å². The third kappa shape index (κ3) is 3.02. The zero-order valence-corrected chi connectivity index (χ0v) is 10.7. The summed E-state index contributed by atoms with van der Waals surface area (Å²) in [6.45, 7) is 2.06. The summed E-state index contributed by atoms with van der Waals surface area (Å²) < 4.78 is 10.1. The number of rotatable bonds is 4. The molecule has 84 valence electrons. The maximum absolute atomic E-state index is 9.69. The van der Waals surface area contributed by atoms with Crippen LogP contribution in [0, 0.1) is 0 Å². The number of hydrogen-bond acceptors (Lipinski definition) is 3. The molecule has 1 N–H and O–H groups in total. The van der Waals surface area contributed by atoms with Gasteiger partial charge in [0.25, 0.3) is 0 Å². The van der Waals surface area contributed by atoms with Crippen molar-refractivity contribution in [3.63, 3.8) is 0 Å². The molecular weight excluding hydrogens is 260 g/mol. The van der Waals surface area contributed by atoms with Crippen LogP contribution in [0.4, 0.5) is 0 Å². The Morgan fingerprint density at radius 3 is 2.07 bits per heavy atom. The van der Waals surface area contributed by atoms with Gasteiger partial charge in [-0.2, -0.15) is 0 Å². The SMILES string of the molecule is COc1cc(CC(C)Br)cc(OC)c1O. The molecule has 4 heteroatoms. The topological polar surface area (TPSA) is 38.7 Å². The van der Waals surface area contributed by atoms with Crippen molar-refractivity contribution in [2.45, 2.75) is 18.2 Å². The second kappa shape index (κ2) is 5.26. The van der Waals surface area contributed by atoms with Crippen molar-refractivity contribution in [3.05, 3.63) is 17.7 Å². The largest absolute Gasteiger partial charge is 0.502 e. The lowest BCUT2D eigenvalue weighted by atomic mass is 10.1. The Bertz CT molecular complexity index is 312. The summed E-state index contributed by atoms with van der Waals surface area (Å²) in [7, 11) is 3.05. The van der Waals surface area contributed by atoms with Crippen molar-refractivity contribution in [1.82, 2.24) is 0 Å². The number of benzene rings is 1. The minimum absolute atomic E-state index is 0.0472. The van der Waals surface area contributed by atoms with E-state index in [0.29, 0.717) is 16.3 Å². The average molecular weight is 275 g/mol. The molecule has 0 bridgehead atoms. The van der Waals surface area contributed by atoms with Crippen molar-refractivity contribution >= 4 is 15.9 Å². The molecule has 0 fully saturated rings. The average Bonchev–Trinajstić information content (AvgIpc) is 2.19. The number of hydrogen-bond donors (Lipinski definition) is 1. The molecule has 0 aliphatic rings. The van der Waals surface area contributed by atoms with Gasteiger partial charge in [-0.05, 0) is 24.1 Å². The van der Waals surface area contributed by atoms with E-state index in [1.807, 2.05) is 12.1 Å². The van der Waals surface area contributed by atoms with E-state index in [4.69, 9.17) is 9.47 Å². The summed E-state index contributed by atoms with van der Waals surface area (Å²) in [5, 5.41) is 9.69. The first kappa shape index (κ1) is 12.2. The van der Waals surface area contributed by atoms with Crippen LogP contribution in [0.2, 0.25) is 0 Å². The van der Waals surface area contributed by atoms with E-state index in [9.17, 15) is 5.11 Å². The van der Waals surface area contributed by atoms with Crippen LogP contribution >= 0.6 is 15.9 Å². The Morgan fingerprint density at radius 2 is 1.73 bits per heavy atom. The Labute approximate surface area is 98.1 Å². The second-order valence-electron chi connectivity index (χ2n) is 3.33. The molecule has 0 aliphatic carbocycles. The molecule has 1 aromatic rings. The standard InChI is InChI=1S/C11H15BrO3/c1-7(12)4-8-5-9(14-2)11(13)10(6-8)15-3/h5-7,13H,4H2,1-3H3. The number of phenolic OH excluding ortho intramolecular Hbond substituents is 1. The van der Waals surface area contributed by atoms with Crippen molar-refractivity contribution in [1.29, 1.82) is 0 Å². The van der Waals surface area contributed by atoms with E-state index in [2.05, 4.69) is 22.9 Å². The summed E-state index contributed by atoms with van der Waals surface area (Å²) in [5.74, 6) is 0.931. The highest BCUT2D eigenvalue weighted by atomic mass is 79.9. The van der Waals surface area contributed by atoms with Crippen molar-refractivity contribution in [3.8, 4) is 17.2 Å². The van der Waals surface area contributed by atoms with Crippen LogP contribution in [-0.4, -0.2) is 24.2 Å². The molecule has 1 rings (SSSR count). The van der Waals surface area contributed by atoms with Gasteiger partial charge in [0, 0.05) is 4.83 Å². The van der Waals surface area contributed by atoms with E-state index < -0.39 is 0 Å². The zero-order chi connectivity index (χ0) is 11.4. The molecule has 1 atom stereocenters. The third-order valence-corrected chi connectivity index (χ3v) is 2.38. The molecule has 0 heterocycles. The minimum atomic E-state index is 0.0472. The fraction of sp³-hybridized carbons (Fsp3) is 0.455. The van der Waals surface area contributed by atoms with E-state index in [-0.39, 0.29) is 5.75 Å². The Morgan fingerprint density at radius 1 is 1.27 bits per heavy atom. The van der Waals surface area contributed by atoms with Gasteiger partial charge in [-0.1, -0.05) is 22.9 Å². The smallest absolute Gasteiger partial charge is 0.200 e.